The Bertz CT molecular complexity index is 978. The minimum Gasteiger partial charge on any atom is -0.462 e. The molecule has 0 radical (unpaired) electrons. The van der Waals surface area contributed by atoms with E-state index in [-0.39, 0.29) is 41.3 Å². The van der Waals surface area contributed by atoms with Crippen LogP contribution in [0.15, 0.2) is 35.5 Å². The maximum atomic E-state index is 12.4. The van der Waals surface area contributed by atoms with Gasteiger partial charge in [0.05, 0.1) is 41.8 Å². The molecular weight excluding hydrogens is 366 g/mol. The molecule has 2 N–H and O–H groups in total. The monoisotopic (exact) mass is 383 g/mol. The van der Waals surface area contributed by atoms with Crippen molar-refractivity contribution >= 4 is 29.6 Å². The van der Waals surface area contributed by atoms with Crippen molar-refractivity contribution in [3.8, 4) is 0 Å². The van der Waals surface area contributed by atoms with E-state index in [4.69, 9.17) is 9.47 Å². The van der Waals surface area contributed by atoms with E-state index in [1.54, 1.807) is 13.8 Å². The molecule has 2 aromatic rings. The molecule has 0 saturated carbocycles. The fourth-order valence-corrected chi connectivity index (χ4v) is 2.58. The first-order valence-electron chi connectivity index (χ1n) is 8.48. The molecule has 144 valence electrons. The van der Waals surface area contributed by atoms with Gasteiger partial charge in [-0.1, -0.05) is 0 Å². The summed E-state index contributed by atoms with van der Waals surface area (Å²) in [5.74, 6) is -1.87. The van der Waals surface area contributed by atoms with Gasteiger partial charge in [0.25, 0.3) is 5.91 Å². The number of esters is 2. The summed E-state index contributed by atoms with van der Waals surface area (Å²) in [7, 11) is 0. The van der Waals surface area contributed by atoms with Crippen LogP contribution in [0.1, 0.15) is 46.0 Å². The minimum atomic E-state index is -0.713. The number of nitrogens with one attached hydrogen (secondary N) is 2. The van der Waals surface area contributed by atoms with Crippen molar-refractivity contribution in [2.45, 2.75) is 13.8 Å². The fraction of sp³-hybridized carbons (Fsp3) is 0.222. The number of aromatic amines is 1. The fourth-order valence-electron chi connectivity index (χ4n) is 2.58. The van der Waals surface area contributed by atoms with Crippen molar-refractivity contribution in [1.29, 1.82) is 0 Å². The minimum absolute atomic E-state index is 0.0172. The molecule has 0 saturated heterocycles. The molecule has 1 aliphatic rings. The van der Waals surface area contributed by atoms with E-state index in [0.717, 1.165) is 0 Å². The van der Waals surface area contributed by atoms with E-state index in [9.17, 15) is 14.4 Å². The van der Waals surface area contributed by atoms with Gasteiger partial charge in [-0.15, -0.1) is 0 Å². The summed E-state index contributed by atoms with van der Waals surface area (Å²) >= 11 is 0. The molecule has 0 aromatic carbocycles. The molecule has 0 bridgehead atoms. The van der Waals surface area contributed by atoms with E-state index in [2.05, 4.69) is 25.5 Å². The van der Waals surface area contributed by atoms with Crippen molar-refractivity contribution in [2.75, 3.05) is 13.2 Å². The Balaban J connectivity index is 2.07. The van der Waals surface area contributed by atoms with Crippen LogP contribution in [-0.4, -0.2) is 51.7 Å². The smallest absolute Gasteiger partial charge is 0.341 e. The SMILES string of the molecule is CCOC(=O)c1c[nH]c(/C=C2/C(=O)NN=C2c2cnccn2)c1C(=O)OCC. The van der Waals surface area contributed by atoms with Gasteiger partial charge in [-0.3, -0.25) is 14.8 Å². The number of amides is 1. The van der Waals surface area contributed by atoms with Gasteiger partial charge in [0.1, 0.15) is 11.4 Å². The predicted molar refractivity (Wildman–Crippen MR) is 97.4 cm³/mol. The molecule has 10 heteroatoms. The molecule has 28 heavy (non-hydrogen) atoms. The molecule has 1 aliphatic heterocycles. The number of ether oxygens (including phenoxy) is 2. The van der Waals surface area contributed by atoms with Crippen molar-refractivity contribution in [2.24, 2.45) is 5.10 Å². The Morgan fingerprint density at radius 2 is 1.89 bits per heavy atom. The van der Waals surface area contributed by atoms with Gasteiger partial charge in [0.15, 0.2) is 0 Å². The van der Waals surface area contributed by atoms with E-state index in [1.165, 1.54) is 30.9 Å². The van der Waals surface area contributed by atoms with Gasteiger partial charge < -0.3 is 14.5 Å². The van der Waals surface area contributed by atoms with Gasteiger partial charge in [-0.25, -0.2) is 15.0 Å². The average Bonchev–Trinajstić information content (AvgIpc) is 3.27. The summed E-state index contributed by atoms with van der Waals surface area (Å²) in [5.41, 5.74) is 3.36. The Morgan fingerprint density at radius 3 is 2.57 bits per heavy atom. The van der Waals surface area contributed by atoms with Crippen molar-refractivity contribution in [3.05, 3.63) is 52.9 Å². The van der Waals surface area contributed by atoms with E-state index < -0.39 is 17.8 Å². The molecule has 3 rings (SSSR count). The summed E-state index contributed by atoms with van der Waals surface area (Å²) in [6.07, 6.45) is 7.16. The number of carbonyl (C=O) groups excluding carboxylic acids is 3. The summed E-state index contributed by atoms with van der Waals surface area (Å²) in [6, 6.07) is 0. The highest BCUT2D eigenvalue weighted by molar-refractivity contribution is 6.32. The van der Waals surface area contributed by atoms with Crippen molar-refractivity contribution < 1.29 is 23.9 Å². The molecule has 0 aliphatic carbocycles. The number of carbonyl (C=O) groups is 3. The zero-order chi connectivity index (χ0) is 20.1. The topological polar surface area (TPSA) is 136 Å². The number of rotatable bonds is 6. The molecule has 1 amide bonds. The Morgan fingerprint density at radius 1 is 1.14 bits per heavy atom. The summed E-state index contributed by atoms with van der Waals surface area (Å²) in [4.78, 5) is 47.8. The van der Waals surface area contributed by atoms with Crippen LogP contribution in [0.2, 0.25) is 0 Å². The molecule has 0 spiro atoms. The lowest BCUT2D eigenvalue weighted by molar-refractivity contribution is -0.116. The predicted octanol–water partition coefficient (Wildman–Crippen LogP) is 1.08. The number of aromatic nitrogens is 3. The summed E-state index contributed by atoms with van der Waals surface area (Å²) < 4.78 is 10.0. The normalized spacial score (nSPS) is 14.6. The van der Waals surface area contributed by atoms with Crippen LogP contribution < -0.4 is 5.43 Å². The van der Waals surface area contributed by atoms with E-state index in [1.807, 2.05) is 0 Å². The van der Waals surface area contributed by atoms with Crippen LogP contribution in [0.4, 0.5) is 0 Å². The highest BCUT2D eigenvalue weighted by Crippen LogP contribution is 2.22. The van der Waals surface area contributed by atoms with E-state index in [0.29, 0.717) is 5.69 Å². The lowest BCUT2D eigenvalue weighted by atomic mass is 10.0. The Labute approximate surface area is 159 Å². The van der Waals surface area contributed by atoms with E-state index >= 15 is 0 Å². The average molecular weight is 383 g/mol. The van der Waals surface area contributed by atoms with Crippen LogP contribution in [0.25, 0.3) is 6.08 Å². The van der Waals surface area contributed by atoms with Gasteiger partial charge in [-0.2, -0.15) is 5.10 Å². The Hall–Kier alpha value is -3.82. The summed E-state index contributed by atoms with van der Waals surface area (Å²) in [5, 5.41) is 3.97. The van der Waals surface area contributed by atoms with Gasteiger partial charge >= 0.3 is 11.9 Å². The van der Waals surface area contributed by atoms with Crippen LogP contribution in [-0.2, 0) is 14.3 Å². The molecule has 0 fully saturated rings. The van der Waals surface area contributed by atoms with Gasteiger partial charge in [-0.05, 0) is 19.9 Å². The number of hydrazone groups is 1. The van der Waals surface area contributed by atoms with Gasteiger partial charge in [0.2, 0.25) is 0 Å². The molecule has 2 aromatic heterocycles. The van der Waals surface area contributed by atoms with Crippen molar-refractivity contribution in [3.63, 3.8) is 0 Å². The first-order chi connectivity index (χ1) is 13.6. The van der Waals surface area contributed by atoms with Crippen LogP contribution in [0.5, 0.6) is 0 Å². The highest BCUT2D eigenvalue weighted by Gasteiger charge is 2.29. The first kappa shape index (κ1) is 19.0. The number of hydrogen-bond acceptors (Lipinski definition) is 8. The zero-order valence-corrected chi connectivity index (χ0v) is 15.2. The van der Waals surface area contributed by atoms with Crippen LogP contribution >= 0.6 is 0 Å². The maximum Gasteiger partial charge on any atom is 0.341 e. The number of H-pyrrole nitrogens is 1. The second-order valence-corrected chi connectivity index (χ2v) is 5.48. The molecular formula is C18H17N5O5. The third-order valence-corrected chi connectivity index (χ3v) is 3.75. The van der Waals surface area contributed by atoms with Gasteiger partial charge in [0, 0.05) is 18.6 Å². The van der Waals surface area contributed by atoms with Crippen LogP contribution in [0, 0.1) is 0 Å². The summed E-state index contributed by atoms with van der Waals surface area (Å²) in [6.45, 7) is 3.57. The Kier molecular flexibility index (Phi) is 5.58. The first-order valence-corrected chi connectivity index (χ1v) is 8.48. The van der Waals surface area contributed by atoms with Crippen LogP contribution in [0.3, 0.4) is 0 Å². The largest absolute Gasteiger partial charge is 0.462 e. The molecule has 10 nitrogen and oxygen atoms in total. The standard InChI is InChI=1S/C18H17N5O5/c1-3-27-17(25)11-8-21-12(14(11)18(26)28-4-2)7-10-15(22-23-16(10)24)13-9-19-5-6-20-13/h5-9,21H,3-4H2,1-2H3,(H,23,24)/b10-7+. The third-order valence-electron chi connectivity index (χ3n) is 3.75. The highest BCUT2D eigenvalue weighted by atomic mass is 16.5. The maximum absolute atomic E-state index is 12.4. The lowest BCUT2D eigenvalue weighted by Crippen LogP contribution is -2.15. The third kappa shape index (κ3) is 3.65. The molecule has 0 atom stereocenters. The quantitative estimate of drug-likeness (QED) is 0.562. The zero-order valence-electron chi connectivity index (χ0n) is 15.2. The second kappa shape index (κ2) is 8.25. The molecule has 0 unspecified atom stereocenters. The lowest BCUT2D eigenvalue weighted by Gasteiger charge is -2.06. The molecule has 3 heterocycles. The number of nitrogens with zero attached hydrogens (tertiary/aromatic N) is 3. The van der Waals surface area contributed by atoms with Crippen molar-refractivity contribution in [1.82, 2.24) is 20.4 Å². The number of hydrogen-bond donors (Lipinski definition) is 2. The second-order valence-electron chi connectivity index (χ2n) is 5.48.